The quantitative estimate of drug-likeness (QED) is 0.322. The number of halogens is 4. The number of nitrogens with one attached hydrogen (secondary N) is 1. The molecule has 0 radical (unpaired) electrons. The number of anilines is 1. The van der Waals surface area contributed by atoms with E-state index in [0.29, 0.717) is 5.69 Å². The van der Waals surface area contributed by atoms with Crippen LogP contribution in [0.25, 0.3) is 0 Å². The van der Waals surface area contributed by atoms with Gasteiger partial charge in [-0.25, -0.2) is 0 Å². The van der Waals surface area contributed by atoms with Crippen LogP contribution >= 0.6 is 15.9 Å². The molecule has 0 aliphatic rings. The van der Waals surface area contributed by atoms with Crippen molar-refractivity contribution in [2.24, 2.45) is 15.3 Å². The molecule has 2 aromatic carbocycles. The number of nitrogens with zero attached hydrogens (tertiary/aromatic N) is 4. The van der Waals surface area contributed by atoms with Crippen molar-refractivity contribution in [3.8, 4) is 6.07 Å². The van der Waals surface area contributed by atoms with Crippen molar-refractivity contribution in [1.82, 2.24) is 0 Å². The SMILES string of the molecule is N#CC(N=Nc1ccc(C(F)(F)F)cc1)=NNc1cccc(Br)c1. The maximum absolute atomic E-state index is 12.5. The van der Waals surface area contributed by atoms with Gasteiger partial charge < -0.3 is 0 Å². The van der Waals surface area contributed by atoms with Gasteiger partial charge in [-0.2, -0.15) is 18.4 Å². The van der Waals surface area contributed by atoms with Crippen LogP contribution in [0.4, 0.5) is 24.5 Å². The summed E-state index contributed by atoms with van der Waals surface area (Å²) in [5.41, 5.74) is 2.65. The van der Waals surface area contributed by atoms with Crippen LogP contribution in [0.2, 0.25) is 0 Å². The molecule has 0 fully saturated rings. The maximum Gasteiger partial charge on any atom is 0.416 e. The fraction of sp³-hybridized carbons (Fsp3) is 0.0667. The van der Waals surface area contributed by atoms with E-state index in [1.807, 2.05) is 6.07 Å². The van der Waals surface area contributed by atoms with Crippen molar-refractivity contribution in [1.29, 1.82) is 5.26 Å². The summed E-state index contributed by atoms with van der Waals surface area (Å²) in [5.74, 6) is -0.269. The molecule has 0 unspecified atom stereocenters. The predicted molar refractivity (Wildman–Crippen MR) is 86.8 cm³/mol. The minimum Gasteiger partial charge on any atom is -0.276 e. The summed E-state index contributed by atoms with van der Waals surface area (Å²) in [6, 6.07) is 12.9. The predicted octanol–water partition coefficient (Wildman–Crippen LogP) is 5.50. The molecular weight excluding hydrogens is 387 g/mol. The Bertz CT molecular complexity index is 807. The number of amidine groups is 1. The molecule has 2 aromatic rings. The molecule has 24 heavy (non-hydrogen) atoms. The fourth-order valence-electron chi connectivity index (χ4n) is 1.57. The number of azo groups is 1. The third kappa shape index (κ3) is 5.17. The molecule has 0 aromatic heterocycles. The van der Waals surface area contributed by atoms with E-state index < -0.39 is 11.7 Å². The average molecular weight is 396 g/mol. The second-order valence-electron chi connectivity index (χ2n) is 4.41. The third-order valence-electron chi connectivity index (χ3n) is 2.67. The van der Waals surface area contributed by atoms with Crippen molar-refractivity contribution < 1.29 is 13.2 Å². The Morgan fingerprint density at radius 1 is 1.12 bits per heavy atom. The normalized spacial score (nSPS) is 12.2. The molecule has 2 rings (SSSR count). The van der Waals surface area contributed by atoms with Gasteiger partial charge in [0.25, 0.3) is 5.84 Å². The Morgan fingerprint density at radius 2 is 1.83 bits per heavy atom. The van der Waals surface area contributed by atoms with Crippen LogP contribution in [0.15, 0.2) is 68.3 Å². The highest BCUT2D eigenvalue weighted by atomic mass is 79.9. The van der Waals surface area contributed by atoms with Crippen molar-refractivity contribution in [3.05, 3.63) is 58.6 Å². The van der Waals surface area contributed by atoms with E-state index in [-0.39, 0.29) is 11.5 Å². The monoisotopic (exact) mass is 395 g/mol. The summed E-state index contributed by atoms with van der Waals surface area (Å²) in [4.78, 5) is 0. The van der Waals surface area contributed by atoms with Crippen molar-refractivity contribution in [3.63, 3.8) is 0 Å². The van der Waals surface area contributed by atoms with E-state index in [4.69, 9.17) is 5.26 Å². The van der Waals surface area contributed by atoms with E-state index in [0.717, 1.165) is 28.7 Å². The number of benzene rings is 2. The van der Waals surface area contributed by atoms with Gasteiger partial charge in [-0.05, 0) is 42.5 Å². The highest BCUT2D eigenvalue weighted by Crippen LogP contribution is 2.30. The zero-order valence-corrected chi connectivity index (χ0v) is 13.5. The number of rotatable bonds is 3. The van der Waals surface area contributed by atoms with Crippen LogP contribution in [0, 0.1) is 11.3 Å². The first-order chi connectivity index (χ1) is 11.4. The largest absolute Gasteiger partial charge is 0.416 e. The molecule has 0 saturated heterocycles. The van der Waals surface area contributed by atoms with Crippen LogP contribution in [0.1, 0.15) is 5.56 Å². The first kappa shape index (κ1) is 17.6. The number of hydrazone groups is 1. The minimum atomic E-state index is -4.41. The van der Waals surface area contributed by atoms with Crippen LogP contribution < -0.4 is 5.43 Å². The summed E-state index contributed by atoms with van der Waals surface area (Å²) >= 11 is 3.29. The molecule has 0 atom stereocenters. The number of nitriles is 1. The molecule has 0 aliphatic carbocycles. The lowest BCUT2D eigenvalue weighted by Crippen LogP contribution is -2.03. The van der Waals surface area contributed by atoms with E-state index >= 15 is 0 Å². The Balaban J connectivity index is 2.08. The second-order valence-corrected chi connectivity index (χ2v) is 5.33. The molecule has 0 amide bonds. The third-order valence-corrected chi connectivity index (χ3v) is 3.16. The van der Waals surface area contributed by atoms with E-state index in [1.165, 1.54) is 0 Å². The van der Waals surface area contributed by atoms with Gasteiger partial charge in [0.1, 0.15) is 6.07 Å². The number of alkyl halides is 3. The molecule has 0 saturated carbocycles. The zero-order valence-electron chi connectivity index (χ0n) is 11.9. The first-order valence-electron chi connectivity index (χ1n) is 6.47. The lowest BCUT2D eigenvalue weighted by molar-refractivity contribution is -0.137. The average Bonchev–Trinajstić information content (AvgIpc) is 2.55. The van der Waals surface area contributed by atoms with Gasteiger partial charge in [0, 0.05) is 4.47 Å². The van der Waals surface area contributed by atoms with Crippen LogP contribution in [0.5, 0.6) is 0 Å². The van der Waals surface area contributed by atoms with Gasteiger partial charge in [0.2, 0.25) is 0 Å². The molecule has 0 bridgehead atoms. The molecule has 0 aliphatic heterocycles. The van der Waals surface area contributed by atoms with E-state index in [9.17, 15) is 13.2 Å². The van der Waals surface area contributed by atoms with Gasteiger partial charge in [-0.15, -0.1) is 15.3 Å². The Labute approximate surface area is 143 Å². The van der Waals surface area contributed by atoms with Gasteiger partial charge in [0.05, 0.1) is 16.9 Å². The topological polar surface area (TPSA) is 72.9 Å². The summed E-state index contributed by atoms with van der Waals surface area (Å²) < 4.78 is 38.2. The van der Waals surface area contributed by atoms with Gasteiger partial charge in [-0.3, -0.25) is 5.43 Å². The van der Waals surface area contributed by atoms with Crippen LogP contribution in [0.3, 0.4) is 0 Å². The summed E-state index contributed by atoms with van der Waals surface area (Å²) in [6.07, 6.45) is -4.41. The lowest BCUT2D eigenvalue weighted by Gasteiger charge is -2.05. The molecule has 0 heterocycles. The minimum absolute atomic E-state index is 0.174. The van der Waals surface area contributed by atoms with Crippen LogP contribution in [-0.2, 0) is 6.18 Å². The summed E-state index contributed by atoms with van der Waals surface area (Å²) in [6.45, 7) is 0. The second kappa shape index (κ2) is 7.70. The fourth-order valence-corrected chi connectivity index (χ4v) is 1.97. The van der Waals surface area contributed by atoms with E-state index in [2.05, 4.69) is 36.7 Å². The molecular formula is C15H9BrF3N5. The first-order valence-corrected chi connectivity index (χ1v) is 7.26. The lowest BCUT2D eigenvalue weighted by atomic mass is 10.2. The Morgan fingerprint density at radius 3 is 2.42 bits per heavy atom. The van der Waals surface area contributed by atoms with Crippen LogP contribution in [-0.4, -0.2) is 5.84 Å². The molecule has 122 valence electrons. The highest BCUT2D eigenvalue weighted by molar-refractivity contribution is 9.10. The van der Waals surface area contributed by atoms with Crippen molar-refractivity contribution in [2.45, 2.75) is 6.18 Å². The zero-order chi connectivity index (χ0) is 17.6. The van der Waals surface area contributed by atoms with Gasteiger partial charge >= 0.3 is 6.18 Å². The standard InChI is InChI=1S/C15H9BrF3N5/c16-11-2-1-3-13(8-11)22-24-14(9-20)23-21-12-6-4-10(5-7-12)15(17,18)19/h1-8,22H. The maximum atomic E-state index is 12.5. The molecule has 1 N–H and O–H groups in total. The Kier molecular flexibility index (Phi) is 5.65. The molecule has 0 spiro atoms. The van der Waals surface area contributed by atoms with Crippen molar-refractivity contribution >= 4 is 33.1 Å². The smallest absolute Gasteiger partial charge is 0.276 e. The summed E-state index contributed by atoms with van der Waals surface area (Å²) in [5, 5.41) is 20.0. The molecule has 5 nitrogen and oxygen atoms in total. The molecule has 9 heteroatoms. The van der Waals surface area contributed by atoms with Gasteiger partial charge in [0.15, 0.2) is 0 Å². The van der Waals surface area contributed by atoms with Crippen molar-refractivity contribution in [2.75, 3.05) is 5.43 Å². The highest BCUT2D eigenvalue weighted by Gasteiger charge is 2.29. The number of hydrogen-bond acceptors (Lipinski definition) is 4. The Hall–Kier alpha value is -2.73. The van der Waals surface area contributed by atoms with Gasteiger partial charge in [-0.1, -0.05) is 22.0 Å². The number of hydrogen-bond donors (Lipinski definition) is 1. The van der Waals surface area contributed by atoms with E-state index in [1.54, 1.807) is 24.3 Å². The summed E-state index contributed by atoms with van der Waals surface area (Å²) in [7, 11) is 0.